The van der Waals surface area contributed by atoms with Crippen molar-refractivity contribution < 1.29 is 14.3 Å². The second-order valence-electron chi connectivity index (χ2n) is 9.28. The van der Waals surface area contributed by atoms with Crippen molar-refractivity contribution in [2.45, 2.75) is 32.7 Å². The van der Waals surface area contributed by atoms with Gasteiger partial charge in [0.15, 0.2) is 17.3 Å². The molecule has 2 aliphatic rings. The predicted octanol–water partition coefficient (Wildman–Crippen LogP) is 6.17. The molecule has 1 aliphatic heterocycles. The van der Waals surface area contributed by atoms with Gasteiger partial charge in [-0.05, 0) is 58.0 Å². The van der Waals surface area contributed by atoms with Crippen molar-refractivity contribution in [1.82, 2.24) is 0 Å². The summed E-state index contributed by atoms with van der Waals surface area (Å²) in [6.07, 6.45) is 1.43. The number of anilines is 1. The van der Waals surface area contributed by atoms with Crippen LogP contribution in [0.3, 0.4) is 0 Å². The lowest BCUT2D eigenvalue weighted by atomic mass is 9.68. The van der Waals surface area contributed by atoms with Crippen LogP contribution in [-0.4, -0.2) is 20.0 Å². The van der Waals surface area contributed by atoms with Gasteiger partial charge < -0.3 is 14.8 Å². The molecule has 0 unspecified atom stereocenters. The normalized spacial score (nSPS) is 19.5. The fraction of sp³-hybridized carbons (Fsp3) is 0.296. The number of allylic oxidation sites excluding steroid dienone is 1. The minimum absolute atomic E-state index is 0.0687. The van der Waals surface area contributed by atoms with Gasteiger partial charge in [-0.25, -0.2) is 0 Å². The minimum atomic E-state index is -0.0907. The van der Waals surface area contributed by atoms with Crippen LogP contribution in [0, 0.1) is 5.41 Å². The highest BCUT2D eigenvalue weighted by Crippen LogP contribution is 2.51. The molecule has 3 aromatic carbocycles. The molecule has 0 saturated carbocycles. The van der Waals surface area contributed by atoms with Gasteiger partial charge in [-0.1, -0.05) is 44.2 Å². The monoisotopic (exact) mass is 413 g/mol. The molecule has 1 aliphatic carbocycles. The van der Waals surface area contributed by atoms with E-state index in [1.165, 1.54) is 0 Å². The maximum Gasteiger partial charge on any atom is 0.164 e. The molecule has 158 valence electrons. The summed E-state index contributed by atoms with van der Waals surface area (Å²) in [6.45, 7) is 4.35. The highest BCUT2D eigenvalue weighted by atomic mass is 16.5. The summed E-state index contributed by atoms with van der Waals surface area (Å²) < 4.78 is 11.0. The van der Waals surface area contributed by atoms with Crippen LogP contribution in [0.1, 0.15) is 43.9 Å². The fourth-order valence-corrected chi connectivity index (χ4v) is 5.06. The van der Waals surface area contributed by atoms with Crippen LogP contribution < -0.4 is 14.8 Å². The van der Waals surface area contributed by atoms with Crippen LogP contribution in [0.15, 0.2) is 60.2 Å². The molecule has 3 aromatic rings. The molecule has 0 radical (unpaired) electrons. The van der Waals surface area contributed by atoms with Gasteiger partial charge in [0.25, 0.3) is 0 Å². The molecule has 1 atom stereocenters. The number of rotatable bonds is 3. The molecule has 0 bridgehead atoms. The largest absolute Gasteiger partial charge is 0.493 e. The Balaban J connectivity index is 1.73. The first-order valence-electron chi connectivity index (χ1n) is 10.7. The zero-order chi connectivity index (χ0) is 21.8. The molecular formula is C27H27NO3. The number of benzene rings is 3. The van der Waals surface area contributed by atoms with Crippen LogP contribution in [0.4, 0.5) is 5.69 Å². The van der Waals surface area contributed by atoms with Crippen molar-refractivity contribution in [2.24, 2.45) is 5.41 Å². The SMILES string of the molecule is COc1ccc([C@H]2Nc3cc4ccccc4cc3C3=C2CC(C)(C)CC3=O)cc1OC. The summed E-state index contributed by atoms with van der Waals surface area (Å²) in [5.74, 6) is 1.62. The summed E-state index contributed by atoms with van der Waals surface area (Å²) >= 11 is 0. The van der Waals surface area contributed by atoms with Gasteiger partial charge in [0.1, 0.15) is 0 Å². The number of nitrogens with one attached hydrogen (secondary N) is 1. The molecule has 1 N–H and O–H groups in total. The van der Waals surface area contributed by atoms with Gasteiger partial charge >= 0.3 is 0 Å². The van der Waals surface area contributed by atoms with Crippen molar-refractivity contribution in [3.8, 4) is 11.5 Å². The number of hydrogen-bond donors (Lipinski definition) is 1. The topological polar surface area (TPSA) is 47.6 Å². The standard InChI is InChI=1S/C27H27NO3/c1-27(2)14-20-25(22(29)15-27)19-11-16-7-5-6-8-17(16)12-21(19)28-26(20)18-9-10-23(30-3)24(13-18)31-4/h5-13,26,28H,14-15H2,1-4H3/t26-/m1/s1. The van der Waals surface area contributed by atoms with E-state index in [1.807, 2.05) is 24.3 Å². The first-order valence-corrected chi connectivity index (χ1v) is 10.7. The summed E-state index contributed by atoms with van der Waals surface area (Å²) in [7, 11) is 3.29. The van der Waals surface area contributed by atoms with E-state index < -0.39 is 0 Å². The molecule has 0 amide bonds. The lowest BCUT2D eigenvalue weighted by molar-refractivity contribution is -0.116. The zero-order valence-electron chi connectivity index (χ0n) is 18.4. The quantitative estimate of drug-likeness (QED) is 0.558. The van der Waals surface area contributed by atoms with Gasteiger partial charge in [0.2, 0.25) is 0 Å². The third kappa shape index (κ3) is 3.27. The average Bonchev–Trinajstić information content (AvgIpc) is 2.75. The number of Topliss-reactive ketones (excluding diaryl/α,β-unsaturated/α-hetero) is 1. The Morgan fingerprint density at radius 2 is 1.61 bits per heavy atom. The highest BCUT2D eigenvalue weighted by molar-refractivity contribution is 6.25. The summed E-state index contributed by atoms with van der Waals surface area (Å²) in [4.78, 5) is 13.4. The molecule has 5 rings (SSSR count). The van der Waals surface area contributed by atoms with E-state index in [-0.39, 0.29) is 17.2 Å². The van der Waals surface area contributed by atoms with Crippen molar-refractivity contribution >= 4 is 27.8 Å². The molecular weight excluding hydrogens is 386 g/mol. The molecule has 4 heteroatoms. The van der Waals surface area contributed by atoms with E-state index in [1.54, 1.807) is 14.2 Å². The smallest absolute Gasteiger partial charge is 0.164 e. The van der Waals surface area contributed by atoms with E-state index in [0.717, 1.165) is 45.2 Å². The Kier molecular flexibility index (Phi) is 4.54. The van der Waals surface area contributed by atoms with E-state index in [4.69, 9.17) is 9.47 Å². The first-order chi connectivity index (χ1) is 14.9. The van der Waals surface area contributed by atoms with Crippen molar-refractivity contribution in [3.05, 3.63) is 71.3 Å². The Morgan fingerprint density at radius 1 is 0.903 bits per heavy atom. The number of ether oxygens (including phenoxy) is 2. The van der Waals surface area contributed by atoms with Gasteiger partial charge in [-0.15, -0.1) is 0 Å². The maximum absolute atomic E-state index is 13.4. The Labute approximate surface area is 182 Å². The maximum atomic E-state index is 13.4. The Morgan fingerprint density at radius 3 is 2.32 bits per heavy atom. The lowest BCUT2D eigenvalue weighted by Crippen LogP contribution is -2.32. The molecule has 31 heavy (non-hydrogen) atoms. The van der Waals surface area contributed by atoms with Crippen LogP contribution in [0.5, 0.6) is 11.5 Å². The molecule has 0 saturated heterocycles. The number of methoxy groups -OCH3 is 2. The van der Waals surface area contributed by atoms with Gasteiger partial charge in [0, 0.05) is 23.2 Å². The molecule has 0 fully saturated rings. The van der Waals surface area contributed by atoms with E-state index in [0.29, 0.717) is 17.9 Å². The van der Waals surface area contributed by atoms with Gasteiger partial charge in [-0.3, -0.25) is 4.79 Å². The third-order valence-electron chi connectivity index (χ3n) is 6.45. The number of carbonyl (C=O) groups excluding carboxylic acids is 1. The predicted molar refractivity (Wildman–Crippen MR) is 125 cm³/mol. The minimum Gasteiger partial charge on any atom is -0.493 e. The van der Waals surface area contributed by atoms with Crippen LogP contribution in [0.2, 0.25) is 0 Å². The van der Waals surface area contributed by atoms with Crippen molar-refractivity contribution in [2.75, 3.05) is 19.5 Å². The molecule has 0 spiro atoms. The summed E-state index contributed by atoms with van der Waals surface area (Å²) in [5.41, 5.74) is 5.07. The number of carbonyl (C=O) groups is 1. The molecule has 4 nitrogen and oxygen atoms in total. The zero-order valence-corrected chi connectivity index (χ0v) is 18.4. The second-order valence-corrected chi connectivity index (χ2v) is 9.28. The number of ketones is 1. The van der Waals surface area contributed by atoms with E-state index in [2.05, 4.69) is 49.5 Å². The van der Waals surface area contributed by atoms with Crippen LogP contribution in [-0.2, 0) is 4.79 Å². The van der Waals surface area contributed by atoms with Crippen molar-refractivity contribution in [3.63, 3.8) is 0 Å². The van der Waals surface area contributed by atoms with Crippen LogP contribution in [0.25, 0.3) is 16.3 Å². The fourth-order valence-electron chi connectivity index (χ4n) is 5.06. The third-order valence-corrected chi connectivity index (χ3v) is 6.45. The van der Waals surface area contributed by atoms with E-state index >= 15 is 0 Å². The van der Waals surface area contributed by atoms with E-state index in [9.17, 15) is 4.79 Å². The molecule has 0 aromatic heterocycles. The van der Waals surface area contributed by atoms with Crippen molar-refractivity contribution in [1.29, 1.82) is 0 Å². The van der Waals surface area contributed by atoms with Gasteiger partial charge in [0.05, 0.1) is 20.3 Å². The Hall–Kier alpha value is -3.27. The number of hydrogen-bond acceptors (Lipinski definition) is 4. The Bertz CT molecular complexity index is 1240. The first kappa shape index (κ1) is 19.7. The highest BCUT2D eigenvalue weighted by Gasteiger charge is 2.40. The molecule has 1 heterocycles. The summed E-state index contributed by atoms with van der Waals surface area (Å²) in [5, 5.41) is 6.06. The van der Waals surface area contributed by atoms with Gasteiger partial charge in [-0.2, -0.15) is 0 Å². The average molecular weight is 414 g/mol. The number of fused-ring (bicyclic) bond motifs is 3. The second kappa shape index (κ2) is 7.16. The van der Waals surface area contributed by atoms with Crippen LogP contribution >= 0.6 is 0 Å². The lowest BCUT2D eigenvalue weighted by Gasteiger charge is -2.40. The summed E-state index contributed by atoms with van der Waals surface area (Å²) in [6, 6.07) is 18.5.